The van der Waals surface area contributed by atoms with Gasteiger partial charge in [0.1, 0.15) is 23.6 Å². The van der Waals surface area contributed by atoms with E-state index in [9.17, 15) is 14.4 Å². The number of ether oxygens (including phenoxy) is 2. The molecule has 1 aliphatic rings. The van der Waals surface area contributed by atoms with Gasteiger partial charge in [0.25, 0.3) is 5.91 Å². The average Bonchev–Trinajstić information content (AvgIpc) is 2.93. The second kappa shape index (κ2) is 8.22. The zero-order valence-electron chi connectivity index (χ0n) is 16.5. The van der Waals surface area contributed by atoms with Crippen LogP contribution in [0.5, 0.6) is 11.5 Å². The van der Waals surface area contributed by atoms with Crippen LogP contribution < -0.4 is 20.1 Å². The van der Waals surface area contributed by atoms with E-state index in [1.165, 1.54) is 7.11 Å². The smallest absolute Gasteiger partial charge is 0.325 e. The number of methoxy groups -OCH3 is 1. The van der Waals surface area contributed by atoms with Crippen molar-refractivity contribution in [1.82, 2.24) is 10.2 Å². The molecule has 2 N–H and O–H groups in total. The summed E-state index contributed by atoms with van der Waals surface area (Å²) in [5, 5.41) is 5.35. The van der Waals surface area contributed by atoms with E-state index in [0.717, 1.165) is 4.90 Å². The van der Waals surface area contributed by atoms with Crippen LogP contribution in [0.2, 0.25) is 0 Å². The number of amides is 4. The first kappa shape index (κ1) is 20.2. The van der Waals surface area contributed by atoms with Crippen molar-refractivity contribution in [1.29, 1.82) is 0 Å². The number of benzene rings is 2. The average molecular weight is 397 g/mol. The number of nitrogens with zero attached hydrogens (tertiary/aromatic N) is 1. The van der Waals surface area contributed by atoms with Gasteiger partial charge in [-0.1, -0.05) is 18.2 Å². The topological polar surface area (TPSA) is 97.0 Å². The van der Waals surface area contributed by atoms with E-state index >= 15 is 0 Å². The molecule has 1 saturated heterocycles. The first-order chi connectivity index (χ1) is 13.9. The Balaban J connectivity index is 1.71. The summed E-state index contributed by atoms with van der Waals surface area (Å²) in [4.78, 5) is 38.6. The second-order valence-electron chi connectivity index (χ2n) is 6.68. The Morgan fingerprint density at radius 3 is 2.52 bits per heavy atom. The monoisotopic (exact) mass is 397 g/mol. The highest BCUT2D eigenvalue weighted by Gasteiger charge is 2.49. The third-order valence-electron chi connectivity index (χ3n) is 4.67. The number of nitrogens with one attached hydrogen (secondary N) is 2. The fourth-order valence-electron chi connectivity index (χ4n) is 3.13. The fraction of sp³-hybridized carbons (Fsp3) is 0.286. The van der Waals surface area contributed by atoms with Crippen molar-refractivity contribution in [3.8, 4) is 11.5 Å². The van der Waals surface area contributed by atoms with Crippen molar-refractivity contribution in [2.75, 3.05) is 25.6 Å². The molecule has 8 heteroatoms. The largest absolute Gasteiger partial charge is 0.497 e. The Kier molecular flexibility index (Phi) is 5.72. The van der Waals surface area contributed by atoms with E-state index in [-0.39, 0.29) is 0 Å². The van der Waals surface area contributed by atoms with Crippen LogP contribution in [0.1, 0.15) is 19.4 Å². The molecule has 3 rings (SSSR count). The van der Waals surface area contributed by atoms with E-state index in [0.29, 0.717) is 29.4 Å². The number of urea groups is 1. The maximum absolute atomic E-state index is 12.9. The third-order valence-corrected chi connectivity index (χ3v) is 4.67. The Hall–Kier alpha value is -3.55. The molecule has 1 aliphatic heterocycles. The van der Waals surface area contributed by atoms with Crippen LogP contribution in [0.4, 0.5) is 10.5 Å². The Morgan fingerprint density at radius 1 is 1.14 bits per heavy atom. The van der Waals surface area contributed by atoms with Gasteiger partial charge >= 0.3 is 6.03 Å². The highest BCUT2D eigenvalue weighted by Crippen LogP contribution is 2.30. The molecule has 1 unspecified atom stereocenters. The summed E-state index contributed by atoms with van der Waals surface area (Å²) in [6.45, 7) is 3.63. The summed E-state index contributed by atoms with van der Waals surface area (Å²) < 4.78 is 10.5. The number of hydrogen-bond acceptors (Lipinski definition) is 5. The van der Waals surface area contributed by atoms with E-state index in [1.807, 2.05) is 6.92 Å². The van der Waals surface area contributed by atoms with Crippen LogP contribution >= 0.6 is 0 Å². The normalized spacial score (nSPS) is 18.4. The fourth-order valence-corrected chi connectivity index (χ4v) is 3.13. The molecular weight excluding hydrogens is 374 g/mol. The Morgan fingerprint density at radius 2 is 1.86 bits per heavy atom. The maximum Gasteiger partial charge on any atom is 0.325 e. The molecule has 0 aromatic heterocycles. The standard InChI is InChI=1S/C21H23N3O5/c1-4-29-16-10-8-14(9-11-16)21(2)19(26)24(20(27)23-21)13-18(25)22-15-6-5-7-17(12-15)28-3/h5-12H,4,13H2,1-3H3,(H,22,25)(H,23,27). The van der Waals surface area contributed by atoms with E-state index in [4.69, 9.17) is 9.47 Å². The van der Waals surface area contributed by atoms with Gasteiger partial charge in [0.2, 0.25) is 5.91 Å². The third kappa shape index (κ3) is 4.16. The van der Waals surface area contributed by atoms with Gasteiger partial charge in [-0.2, -0.15) is 0 Å². The quantitative estimate of drug-likeness (QED) is 0.700. The maximum atomic E-state index is 12.9. The SMILES string of the molecule is CCOc1ccc(C2(C)NC(=O)N(CC(=O)Nc3cccc(OC)c3)C2=O)cc1. The molecule has 152 valence electrons. The highest BCUT2D eigenvalue weighted by atomic mass is 16.5. The van der Waals surface area contributed by atoms with Gasteiger partial charge in [-0.15, -0.1) is 0 Å². The van der Waals surface area contributed by atoms with E-state index in [1.54, 1.807) is 55.5 Å². The lowest BCUT2D eigenvalue weighted by molar-refractivity contribution is -0.133. The Bertz CT molecular complexity index is 928. The summed E-state index contributed by atoms with van der Waals surface area (Å²) in [7, 11) is 1.52. The minimum atomic E-state index is -1.25. The van der Waals surface area contributed by atoms with Crippen molar-refractivity contribution in [2.45, 2.75) is 19.4 Å². The zero-order valence-corrected chi connectivity index (χ0v) is 16.5. The summed E-state index contributed by atoms with van der Waals surface area (Å²) in [6, 6.07) is 13.1. The summed E-state index contributed by atoms with van der Waals surface area (Å²) in [5.41, 5.74) is -0.136. The van der Waals surface area contributed by atoms with Crippen molar-refractivity contribution in [3.05, 3.63) is 54.1 Å². The number of rotatable bonds is 7. The summed E-state index contributed by atoms with van der Waals surface area (Å²) in [6.07, 6.45) is 0. The van der Waals surface area contributed by atoms with Gasteiger partial charge in [0, 0.05) is 11.8 Å². The first-order valence-corrected chi connectivity index (χ1v) is 9.18. The lowest BCUT2D eigenvalue weighted by atomic mass is 9.92. The zero-order chi connectivity index (χ0) is 21.0. The number of carbonyl (C=O) groups excluding carboxylic acids is 3. The van der Waals surface area contributed by atoms with Gasteiger partial charge in [-0.05, 0) is 43.7 Å². The molecular formula is C21H23N3O5. The van der Waals surface area contributed by atoms with Crippen LogP contribution in [-0.2, 0) is 15.1 Å². The highest BCUT2D eigenvalue weighted by molar-refractivity contribution is 6.10. The molecule has 0 aliphatic carbocycles. The molecule has 1 fully saturated rings. The predicted molar refractivity (Wildman–Crippen MR) is 107 cm³/mol. The predicted octanol–water partition coefficient (Wildman–Crippen LogP) is 2.50. The summed E-state index contributed by atoms with van der Waals surface area (Å²) >= 11 is 0. The Labute approximate surface area is 168 Å². The van der Waals surface area contributed by atoms with Gasteiger partial charge < -0.3 is 20.1 Å². The van der Waals surface area contributed by atoms with Crippen molar-refractivity contribution < 1.29 is 23.9 Å². The molecule has 1 atom stereocenters. The number of hydrogen-bond donors (Lipinski definition) is 2. The number of imide groups is 1. The molecule has 2 aromatic carbocycles. The molecule has 0 spiro atoms. The van der Waals surface area contributed by atoms with Crippen LogP contribution in [0.15, 0.2) is 48.5 Å². The van der Waals surface area contributed by atoms with Gasteiger partial charge in [-0.25, -0.2) is 4.79 Å². The van der Waals surface area contributed by atoms with Crippen molar-refractivity contribution in [3.63, 3.8) is 0 Å². The molecule has 0 radical (unpaired) electrons. The second-order valence-corrected chi connectivity index (χ2v) is 6.68. The van der Waals surface area contributed by atoms with Gasteiger partial charge in [0.15, 0.2) is 0 Å². The van der Waals surface area contributed by atoms with E-state index in [2.05, 4.69) is 10.6 Å². The molecule has 29 heavy (non-hydrogen) atoms. The van der Waals surface area contributed by atoms with Crippen LogP contribution in [-0.4, -0.2) is 43.0 Å². The number of carbonyl (C=O) groups is 3. The van der Waals surface area contributed by atoms with Gasteiger partial charge in [0.05, 0.1) is 13.7 Å². The molecule has 8 nitrogen and oxygen atoms in total. The van der Waals surface area contributed by atoms with E-state index < -0.39 is 29.9 Å². The molecule has 4 amide bonds. The van der Waals surface area contributed by atoms with Crippen molar-refractivity contribution >= 4 is 23.5 Å². The summed E-state index contributed by atoms with van der Waals surface area (Å²) in [5.74, 6) is 0.275. The van der Waals surface area contributed by atoms with Crippen LogP contribution in [0, 0.1) is 0 Å². The number of anilines is 1. The minimum Gasteiger partial charge on any atom is -0.497 e. The first-order valence-electron chi connectivity index (χ1n) is 9.18. The lowest BCUT2D eigenvalue weighted by Gasteiger charge is -2.22. The van der Waals surface area contributed by atoms with Crippen LogP contribution in [0.3, 0.4) is 0 Å². The molecule has 0 saturated carbocycles. The minimum absolute atomic E-state index is 0.394. The van der Waals surface area contributed by atoms with Crippen LogP contribution in [0.25, 0.3) is 0 Å². The molecule has 0 bridgehead atoms. The molecule has 1 heterocycles. The van der Waals surface area contributed by atoms with Crippen molar-refractivity contribution in [2.24, 2.45) is 0 Å². The lowest BCUT2D eigenvalue weighted by Crippen LogP contribution is -2.42. The van der Waals surface area contributed by atoms with Gasteiger partial charge in [-0.3, -0.25) is 14.5 Å². The molecule has 2 aromatic rings.